The maximum Gasteiger partial charge on any atom is 0.329 e. The molecule has 1 aromatic carbocycles. The van der Waals surface area contributed by atoms with Crippen molar-refractivity contribution in [1.29, 1.82) is 0 Å². The quantitative estimate of drug-likeness (QED) is 0.711. The SMILES string of the molecule is O=C(O)COCCNC(=O)C1CCCN(C(=O)c2ccc(F)cc2)C1. The van der Waals surface area contributed by atoms with Crippen molar-refractivity contribution in [2.24, 2.45) is 5.92 Å². The van der Waals surface area contributed by atoms with E-state index in [0.29, 0.717) is 31.5 Å². The molecule has 0 aromatic heterocycles. The van der Waals surface area contributed by atoms with E-state index in [1.54, 1.807) is 4.90 Å². The van der Waals surface area contributed by atoms with Crippen LogP contribution >= 0.6 is 0 Å². The summed E-state index contributed by atoms with van der Waals surface area (Å²) in [6.45, 7) is 0.788. The number of carboxylic acids is 1. The van der Waals surface area contributed by atoms with E-state index < -0.39 is 18.4 Å². The van der Waals surface area contributed by atoms with Crippen LogP contribution in [0.5, 0.6) is 0 Å². The first-order valence-electron chi connectivity index (χ1n) is 8.09. The van der Waals surface area contributed by atoms with Crippen molar-refractivity contribution in [2.75, 3.05) is 32.8 Å². The highest BCUT2D eigenvalue weighted by Crippen LogP contribution is 2.19. The van der Waals surface area contributed by atoms with E-state index in [4.69, 9.17) is 9.84 Å². The van der Waals surface area contributed by atoms with Gasteiger partial charge in [0.1, 0.15) is 12.4 Å². The van der Waals surface area contributed by atoms with Crippen LogP contribution in [0.4, 0.5) is 4.39 Å². The predicted octanol–water partition coefficient (Wildman–Crippen LogP) is 0.895. The van der Waals surface area contributed by atoms with Gasteiger partial charge in [0.15, 0.2) is 0 Å². The fourth-order valence-corrected chi connectivity index (χ4v) is 2.70. The molecule has 1 heterocycles. The molecular formula is C17H21FN2O5. The number of carbonyl (C=O) groups is 3. The second-order valence-electron chi connectivity index (χ2n) is 5.83. The van der Waals surface area contributed by atoms with Crippen molar-refractivity contribution >= 4 is 17.8 Å². The third-order valence-corrected chi connectivity index (χ3v) is 3.94. The standard InChI is InChI=1S/C17H21FN2O5/c18-14-5-3-12(4-6-14)17(24)20-8-1-2-13(10-20)16(23)19-7-9-25-11-15(21)22/h3-6,13H,1-2,7-11H2,(H,19,23)(H,21,22). The van der Waals surface area contributed by atoms with Gasteiger partial charge in [-0.15, -0.1) is 0 Å². The molecule has 1 aromatic rings. The Hall–Kier alpha value is -2.48. The Labute approximate surface area is 144 Å². The van der Waals surface area contributed by atoms with Crippen molar-refractivity contribution in [2.45, 2.75) is 12.8 Å². The number of rotatable bonds is 7. The number of carboxylic acid groups (broad SMARTS) is 1. The van der Waals surface area contributed by atoms with Crippen LogP contribution in [-0.2, 0) is 14.3 Å². The number of aliphatic carboxylic acids is 1. The summed E-state index contributed by atoms with van der Waals surface area (Å²) in [5, 5.41) is 11.1. The number of benzene rings is 1. The van der Waals surface area contributed by atoms with Gasteiger partial charge in [-0.1, -0.05) is 0 Å². The van der Waals surface area contributed by atoms with Crippen molar-refractivity contribution in [3.8, 4) is 0 Å². The smallest absolute Gasteiger partial charge is 0.329 e. The zero-order valence-corrected chi connectivity index (χ0v) is 13.7. The lowest BCUT2D eigenvalue weighted by Gasteiger charge is -2.32. The Bertz CT molecular complexity index is 620. The summed E-state index contributed by atoms with van der Waals surface area (Å²) in [5.41, 5.74) is 0.393. The summed E-state index contributed by atoms with van der Waals surface area (Å²) >= 11 is 0. The fraction of sp³-hybridized carbons (Fsp3) is 0.471. The number of hydrogen-bond acceptors (Lipinski definition) is 4. The lowest BCUT2D eigenvalue weighted by atomic mass is 9.96. The molecule has 0 aliphatic carbocycles. The van der Waals surface area contributed by atoms with E-state index in [1.807, 2.05) is 0 Å². The second kappa shape index (κ2) is 9.12. The molecule has 1 aliphatic rings. The Morgan fingerprint density at radius 2 is 2.00 bits per heavy atom. The Balaban J connectivity index is 1.81. The molecule has 25 heavy (non-hydrogen) atoms. The topological polar surface area (TPSA) is 95.9 Å². The predicted molar refractivity (Wildman–Crippen MR) is 86.5 cm³/mol. The van der Waals surface area contributed by atoms with Crippen LogP contribution in [0.3, 0.4) is 0 Å². The van der Waals surface area contributed by atoms with Gasteiger partial charge in [0.25, 0.3) is 5.91 Å². The average molecular weight is 352 g/mol. The lowest BCUT2D eigenvalue weighted by Crippen LogP contribution is -2.46. The lowest BCUT2D eigenvalue weighted by molar-refractivity contribution is -0.142. The number of piperidine rings is 1. The summed E-state index contributed by atoms with van der Waals surface area (Å²) in [6, 6.07) is 5.33. The summed E-state index contributed by atoms with van der Waals surface area (Å²) in [7, 11) is 0. The largest absolute Gasteiger partial charge is 0.480 e. The molecule has 0 bridgehead atoms. The number of likely N-dealkylation sites (tertiary alicyclic amines) is 1. The van der Waals surface area contributed by atoms with E-state index in [1.165, 1.54) is 24.3 Å². The zero-order chi connectivity index (χ0) is 18.2. The molecule has 0 saturated carbocycles. The molecule has 7 nitrogen and oxygen atoms in total. The molecule has 1 aliphatic heterocycles. The van der Waals surface area contributed by atoms with Crippen molar-refractivity contribution in [3.05, 3.63) is 35.6 Å². The van der Waals surface area contributed by atoms with Gasteiger partial charge in [-0.3, -0.25) is 9.59 Å². The zero-order valence-electron chi connectivity index (χ0n) is 13.7. The number of ether oxygens (including phenoxy) is 1. The monoisotopic (exact) mass is 352 g/mol. The second-order valence-corrected chi connectivity index (χ2v) is 5.83. The maximum absolute atomic E-state index is 13.0. The molecule has 1 atom stereocenters. The third kappa shape index (κ3) is 5.82. The van der Waals surface area contributed by atoms with Crippen LogP contribution in [0, 0.1) is 11.7 Å². The number of amides is 2. The Morgan fingerprint density at radius 1 is 1.28 bits per heavy atom. The molecule has 0 spiro atoms. The first-order chi connectivity index (χ1) is 12.0. The molecular weight excluding hydrogens is 331 g/mol. The van der Waals surface area contributed by atoms with Gasteiger partial charge in [-0.2, -0.15) is 0 Å². The molecule has 1 fully saturated rings. The van der Waals surface area contributed by atoms with Crippen molar-refractivity contribution < 1.29 is 28.6 Å². The van der Waals surface area contributed by atoms with E-state index in [9.17, 15) is 18.8 Å². The van der Waals surface area contributed by atoms with E-state index >= 15 is 0 Å². The summed E-state index contributed by atoms with van der Waals surface area (Å²) in [4.78, 5) is 36.5. The minimum atomic E-state index is -1.06. The maximum atomic E-state index is 13.0. The molecule has 1 unspecified atom stereocenters. The highest BCUT2D eigenvalue weighted by atomic mass is 19.1. The molecule has 2 amide bonds. The van der Waals surface area contributed by atoms with Crippen LogP contribution in [0.2, 0.25) is 0 Å². The minimum absolute atomic E-state index is 0.114. The summed E-state index contributed by atoms with van der Waals surface area (Å²) in [6.07, 6.45) is 1.38. The number of hydrogen-bond donors (Lipinski definition) is 2. The fourth-order valence-electron chi connectivity index (χ4n) is 2.70. The van der Waals surface area contributed by atoms with Gasteiger partial charge < -0.3 is 20.1 Å². The van der Waals surface area contributed by atoms with Crippen molar-refractivity contribution in [3.63, 3.8) is 0 Å². The van der Waals surface area contributed by atoms with Gasteiger partial charge in [-0.25, -0.2) is 9.18 Å². The Morgan fingerprint density at radius 3 is 2.68 bits per heavy atom. The van der Waals surface area contributed by atoms with E-state index in [0.717, 1.165) is 0 Å². The van der Waals surface area contributed by atoms with Crippen LogP contribution in [0.25, 0.3) is 0 Å². The molecule has 2 N–H and O–H groups in total. The molecule has 136 valence electrons. The van der Waals surface area contributed by atoms with Gasteiger partial charge in [-0.05, 0) is 37.1 Å². The highest BCUT2D eigenvalue weighted by Gasteiger charge is 2.28. The van der Waals surface area contributed by atoms with Gasteiger partial charge in [0, 0.05) is 25.2 Å². The van der Waals surface area contributed by atoms with E-state index in [-0.39, 0.29) is 30.9 Å². The third-order valence-electron chi connectivity index (χ3n) is 3.94. The molecule has 1 saturated heterocycles. The normalized spacial score (nSPS) is 17.2. The van der Waals surface area contributed by atoms with Crippen LogP contribution < -0.4 is 5.32 Å². The summed E-state index contributed by atoms with van der Waals surface area (Å²) < 4.78 is 17.8. The van der Waals surface area contributed by atoms with Crippen LogP contribution in [-0.4, -0.2) is 60.6 Å². The van der Waals surface area contributed by atoms with Gasteiger partial charge in [0.2, 0.25) is 5.91 Å². The molecule has 2 rings (SSSR count). The average Bonchev–Trinajstić information content (AvgIpc) is 2.61. The molecule has 0 radical (unpaired) electrons. The van der Waals surface area contributed by atoms with Crippen LogP contribution in [0.1, 0.15) is 23.2 Å². The number of carbonyl (C=O) groups excluding carboxylic acids is 2. The Kier molecular flexibility index (Phi) is 6.88. The highest BCUT2D eigenvalue weighted by molar-refractivity contribution is 5.94. The van der Waals surface area contributed by atoms with E-state index in [2.05, 4.69) is 5.32 Å². The van der Waals surface area contributed by atoms with Gasteiger partial charge >= 0.3 is 5.97 Å². The van der Waals surface area contributed by atoms with Crippen molar-refractivity contribution in [1.82, 2.24) is 10.2 Å². The minimum Gasteiger partial charge on any atom is -0.480 e. The number of nitrogens with zero attached hydrogens (tertiary/aromatic N) is 1. The number of nitrogens with one attached hydrogen (secondary N) is 1. The molecule has 8 heteroatoms. The van der Waals surface area contributed by atoms with Crippen LogP contribution in [0.15, 0.2) is 24.3 Å². The summed E-state index contributed by atoms with van der Waals surface area (Å²) in [5.74, 6) is -2.19. The number of halogens is 1. The first-order valence-corrected chi connectivity index (χ1v) is 8.09. The first kappa shape index (κ1) is 18.9. The van der Waals surface area contributed by atoms with Gasteiger partial charge in [0.05, 0.1) is 12.5 Å².